The van der Waals surface area contributed by atoms with Crippen LogP contribution < -0.4 is 0 Å². The number of esters is 4. The Bertz CT molecular complexity index is 1170. The number of ether oxygens (including phenoxy) is 7. The molecule has 0 aliphatic carbocycles. The first-order valence-electron chi connectivity index (χ1n) is 13.0. The summed E-state index contributed by atoms with van der Waals surface area (Å²) in [6, 6.07) is 5.77. The van der Waals surface area contributed by atoms with Crippen molar-refractivity contribution >= 4 is 30.0 Å². The molecule has 0 unspecified atom stereocenters. The fourth-order valence-electron chi connectivity index (χ4n) is 4.38. The summed E-state index contributed by atoms with van der Waals surface area (Å²) in [5.74, 6) is -5.96. The first-order chi connectivity index (χ1) is 20.3. The molecule has 0 bridgehead atoms. The summed E-state index contributed by atoms with van der Waals surface area (Å²) in [5, 5.41) is 51.8. The van der Waals surface area contributed by atoms with E-state index in [2.05, 4.69) is 0 Å². The van der Waals surface area contributed by atoms with Crippen LogP contribution in [0.15, 0.2) is 30.3 Å². The van der Waals surface area contributed by atoms with Crippen molar-refractivity contribution in [3.8, 4) is 5.75 Å². The highest BCUT2D eigenvalue weighted by Gasteiger charge is 2.62. The highest BCUT2D eigenvalue weighted by atomic mass is 16.8. The van der Waals surface area contributed by atoms with Gasteiger partial charge in [0.05, 0.1) is 6.61 Å². The number of benzene rings is 1. The predicted octanol–water partition coefficient (Wildman–Crippen LogP) is -1.71. The smallest absolute Gasteiger partial charge is 0.331 e. The molecular weight excluding hydrogens is 580 g/mol. The van der Waals surface area contributed by atoms with Gasteiger partial charge in [-0.15, -0.1) is 0 Å². The van der Waals surface area contributed by atoms with Gasteiger partial charge in [0.2, 0.25) is 5.79 Å². The Hall–Kier alpha value is -3.64. The molecular formula is C27H34O16. The number of aromatic hydroxyl groups is 1. The molecule has 0 radical (unpaired) electrons. The monoisotopic (exact) mass is 614 g/mol. The summed E-state index contributed by atoms with van der Waals surface area (Å²) in [7, 11) is 0. The average Bonchev–Trinajstić information content (AvgIpc) is 3.20. The molecule has 2 aliphatic rings. The van der Waals surface area contributed by atoms with Crippen molar-refractivity contribution < 1.29 is 77.9 Å². The minimum atomic E-state index is -2.43. The maximum absolute atomic E-state index is 12.8. The number of aliphatic hydroxyl groups is 4. The van der Waals surface area contributed by atoms with E-state index in [1.165, 1.54) is 30.3 Å². The zero-order chi connectivity index (χ0) is 31.9. The van der Waals surface area contributed by atoms with Crippen LogP contribution in [-0.4, -0.2) is 124 Å². The van der Waals surface area contributed by atoms with Gasteiger partial charge in [0.25, 0.3) is 0 Å². The maximum Gasteiger partial charge on any atom is 0.331 e. The van der Waals surface area contributed by atoms with Gasteiger partial charge in [-0.1, -0.05) is 12.1 Å². The van der Waals surface area contributed by atoms with Crippen molar-refractivity contribution in [3.63, 3.8) is 0 Å². The minimum Gasteiger partial charge on any atom is -0.508 e. The first kappa shape index (κ1) is 33.9. The summed E-state index contributed by atoms with van der Waals surface area (Å²) < 4.78 is 37.6. The summed E-state index contributed by atoms with van der Waals surface area (Å²) in [4.78, 5) is 47.7. The van der Waals surface area contributed by atoms with Crippen LogP contribution in [0.4, 0.5) is 0 Å². The van der Waals surface area contributed by atoms with Crippen LogP contribution in [-0.2, 0) is 52.3 Å². The lowest BCUT2D eigenvalue weighted by molar-refractivity contribution is -0.383. The SMILES string of the molecule is CC(=O)OC[C@H]1O[C@H](O[C@]2(COC(C)=O)O[C@H](CO)[C@@H](O)[C@@H]2OC(=O)C=Cc2ccc(O)cc2)[C@H](O)[C@@H](OC(C)=O)[C@@H]1O. The van der Waals surface area contributed by atoms with E-state index in [0.29, 0.717) is 5.56 Å². The highest BCUT2D eigenvalue weighted by molar-refractivity contribution is 5.87. The van der Waals surface area contributed by atoms with Crippen molar-refractivity contribution in [2.75, 3.05) is 19.8 Å². The molecule has 2 fully saturated rings. The average molecular weight is 615 g/mol. The van der Waals surface area contributed by atoms with Gasteiger partial charge in [-0.2, -0.15) is 0 Å². The number of phenolic OH excluding ortho intramolecular Hbond substituents is 1. The fourth-order valence-corrected chi connectivity index (χ4v) is 4.38. The van der Waals surface area contributed by atoms with Crippen LogP contribution in [0.2, 0.25) is 0 Å². The molecule has 1 aromatic rings. The zero-order valence-corrected chi connectivity index (χ0v) is 23.4. The van der Waals surface area contributed by atoms with Crippen LogP contribution in [0.3, 0.4) is 0 Å². The summed E-state index contributed by atoms with van der Waals surface area (Å²) in [5.41, 5.74) is 0.501. The summed E-state index contributed by atoms with van der Waals surface area (Å²) in [6.07, 6.45) is -11.4. The van der Waals surface area contributed by atoms with Crippen LogP contribution >= 0.6 is 0 Å². The van der Waals surface area contributed by atoms with Gasteiger partial charge < -0.3 is 58.7 Å². The predicted molar refractivity (Wildman–Crippen MR) is 138 cm³/mol. The molecule has 238 valence electrons. The van der Waals surface area contributed by atoms with E-state index in [1.54, 1.807) is 0 Å². The lowest BCUT2D eigenvalue weighted by atomic mass is 9.98. The molecule has 0 saturated carbocycles. The van der Waals surface area contributed by atoms with Gasteiger partial charge in [0.15, 0.2) is 18.5 Å². The third-order valence-corrected chi connectivity index (χ3v) is 6.39. The quantitative estimate of drug-likeness (QED) is 0.106. The number of phenols is 1. The number of hydrogen-bond acceptors (Lipinski definition) is 16. The van der Waals surface area contributed by atoms with Crippen molar-refractivity contribution in [2.45, 2.75) is 75.6 Å². The number of hydrogen-bond donors (Lipinski definition) is 5. The number of carbonyl (C=O) groups is 4. The van der Waals surface area contributed by atoms with Gasteiger partial charge in [0, 0.05) is 26.8 Å². The Balaban J connectivity index is 1.95. The lowest BCUT2D eigenvalue weighted by Gasteiger charge is -2.44. The van der Waals surface area contributed by atoms with Crippen molar-refractivity contribution in [2.24, 2.45) is 0 Å². The van der Waals surface area contributed by atoms with E-state index >= 15 is 0 Å². The number of carbonyl (C=O) groups excluding carboxylic acids is 4. The minimum absolute atomic E-state index is 0.000855. The molecule has 3 rings (SSSR count). The molecule has 0 amide bonds. The molecule has 43 heavy (non-hydrogen) atoms. The largest absolute Gasteiger partial charge is 0.508 e. The molecule has 0 spiro atoms. The first-order valence-corrected chi connectivity index (χ1v) is 13.0. The standard InChI is InChI=1S/C27H34O16/c1-13(29)37-11-19-21(34)24(39-15(3)31)23(36)26(40-19)43-27(12-38-14(2)30)25(22(35)18(10-28)42-27)41-20(33)9-6-16-4-7-17(32)8-5-16/h4-9,18-19,21-26,28,32,34-36H,10-12H2,1-3H3/t18-,19-,21-,22-,23-,24+,25+,26-,27+/m1/s1. The molecule has 2 heterocycles. The van der Waals surface area contributed by atoms with E-state index in [0.717, 1.165) is 26.8 Å². The summed E-state index contributed by atoms with van der Waals surface area (Å²) in [6.45, 7) is 0.892. The van der Waals surface area contributed by atoms with Gasteiger partial charge >= 0.3 is 23.9 Å². The van der Waals surface area contributed by atoms with Gasteiger partial charge in [-0.25, -0.2) is 4.79 Å². The Kier molecular flexibility index (Phi) is 11.6. The van der Waals surface area contributed by atoms with Gasteiger partial charge in [0.1, 0.15) is 49.5 Å². The highest BCUT2D eigenvalue weighted by Crippen LogP contribution is 2.39. The number of rotatable bonds is 11. The lowest BCUT2D eigenvalue weighted by Crippen LogP contribution is -2.64. The van der Waals surface area contributed by atoms with E-state index in [9.17, 15) is 44.7 Å². The summed E-state index contributed by atoms with van der Waals surface area (Å²) >= 11 is 0. The van der Waals surface area contributed by atoms with Crippen molar-refractivity contribution in [3.05, 3.63) is 35.9 Å². The Morgan fingerprint density at radius 1 is 0.884 bits per heavy atom. The molecule has 16 heteroatoms. The molecule has 1 aromatic carbocycles. The topological polar surface area (TPSA) is 234 Å². The molecule has 2 aliphatic heterocycles. The van der Waals surface area contributed by atoms with Gasteiger partial charge in [-0.05, 0) is 23.8 Å². The molecule has 5 N–H and O–H groups in total. The van der Waals surface area contributed by atoms with Crippen molar-refractivity contribution in [1.29, 1.82) is 0 Å². The van der Waals surface area contributed by atoms with Crippen molar-refractivity contribution in [1.82, 2.24) is 0 Å². The fraction of sp³-hybridized carbons (Fsp3) is 0.556. The third-order valence-electron chi connectivity index (χ3n) is 6.39. The van der Waals surface area contributed by atoms with Crippen LogP contribution in [0.25, 0.3) is 6.08 Å². The molecule has 2 saturated heterocycles. The maximum atomic E-state index is 12.8. The zero-order valence-electron chi connectivity index (χ0n) is 23.4. The second-order valence-electron chi connectivity index (χ2n) is 9.72. The molecule has 9 atom stereocenters. The molecule has 0 aromatic heterocycles. The Labute approximate surface area is 245 Å². The Morgan fingerprint density at radius 2 is 1.53 bits per heavy atom. The van der Waals surface area contributed by atoms with Crippen LogP contribution in [0.5, 0.6) is 5.75 Å². The number of aliphatic hydroxyl groups excluding tert-OH is 4. The van der Waals surface area contributed by atoms with E-state index in [1.807, 2.05) is 0 Å². The Morgan fingerprint density at radius 3 is 2.12 bits per heavy atom. The second-order valence-corrected chi connectivity index (χ2v) is 9.72. The van der Waals surface area contributed by atoms with Gasteiger partial charge in [-0.3, -0.25) is 14.4 Å². The van der Waals surface area contributed by atoms with E-state index in [4.69, 9.17) is 33.2 Å². The van der Waals surface area contributed by atoms with E-state index < -0.39 is 98.5 Å². The van der Waals surface area contributed by atoms with Crippen LogP contribution in [0.1, 0.15) is 26.3 Å². The normalized spacial score (nSPS) is 32.3. The third kappa shape index (κ3) is 8.70. The molecule has 16 nitrogen and oxygen atoms in total. The van der Waals surface area contributed by atoms with E-state index in [-0.39, 0.29) is 5.75 Å². The van der Waals surface area contributed by atoms with Crippen LogP contribution in [0, 0.1) is 0 Å². The second kappa shape index (κ2) is 14.7.